The van der Waals surface area contributed by atoms with E-state index in [-0.39, 0.29) is 34.4 Å². The Labute approximate surface area is 209 Å². The number of nitrogens with zero attached hydrogens (tertiary/aromatic N) is 3. The highest BCUT2D eigenvalue weighted by molar-refractivity contribution is 8.93. The molecule has 2 aromatic rings. The fraction of sp³-hybridized carbons (Fsp3) is 0.615. The highest BCUT2D eigenvalue weighted by Crippen LogP contribution is 2.40. The van der Waals surface area contributed by atoms with Gasteiger partial charge in [-0.05, 0) is 35.3 Å². The monoisotopic (exact) mass is 522 g/mol. The smallest absolute Gasteiger partial charge is 0.202 e. The highest BCUT2D eigenvalue weighted by Gasteiger charge is 2.27. The maximum atomic E-state index is 11.0. The summed E-state index contributed by atoms with van der Waals surface area (Å²) < 4.78 is 3.74. The van der Waals surface area contributed by atoms with Crippen LogP contribution in [0.2, 0.25) is 0 Å². The molecule has 1 aromatic carbocycles. The summed E-state index contributed by atoms with van der Waals surface area (Å²) in [7, 11) is 0. The Bertz CT molecular complexity index is 968. The molecule has 0 spiro atoms. The van der Waals surface area contributed by atoms with Crippen molar-refractivity contribution < 1.29 is 10.3 Å². The number of oxime groups is 1. The van der Waals surface area contributed by atoms with Gasteiger partial charge in [0.1, 0.15) is 11.5 Å². The van der Waals surface area contributed by atoms with Crippen LogP contribution in [0, 0.1) is 11.3 Å². The minimum atomic E-state index is -0.271. The third kappa shape index (κ3) is 6.98. The average Bonchev–Trinajstić information content (AvgIpc) is 3.05. The van der Waals surface area contributed by atoms with Crippen molar-refractivity contribution in [1.82, 2.24) is 9.13 Å². The number of aryl methyl sites for hydroxylation is 1. The summed E-state index contributed by atoms with van der Waals surface area (Å²) in [6.07, 6.45) is 7.16. The first-order valence-electron chi connectivity index (χ1n) is 11.7. The van der Waals surface area contributed by atoms with Crippen LogP contribution in [0.1, 0.15) is 91.3 Å². The number of halogens is 1. The van der Waals surface area contributed by atoms with E-state index in [1.807, 2.05) is 29.1 Å². The fourth-order valence-corrected chi connectivity index (χ4v) is 4.08. The average molecular weight is 524 g/mol. The van der Waals surface area contributed by atoms with Crippen molar-refractivity contribution in [3.05, 3.63) is 46.8 Å². The molecule has 1 aromatic heterocycles. The predicted octanol–water partition coefficient (Wildman–Crippen LogP) is 6.35. The Morgan fingerprint density at radius 1 is 0.970 bits per heavy atom. The topological polar surface area (TPSA) is 86.5 Å². The van der Waals surface area contributed by atoms with Crippen molar-refractivity contribution in [2.75, 3.05) is 0 Å². The molecular formula is C26H43BrN4O2. The van der Waals surface area contributed by atoms with Crippen LogP contribution < -0.4 is 5.62 Å². The molecule has 0 radical (unpaired) electrons. The van der Waals surface area contributed by atoms with Gasteiger partial charge >= 0.3 is 0 Å². The summed E-state index contributed by atoms with van der Waals surface area (Å²) in [5.74, 6) is 0.968. The Morgan fingerprint density at radius 2 is 1.45 bits per heavy atom. The van der Waals surface area contributed by atoms with E-state index in [4.69, 9.17) is 5.41 Å². The Kier molecular flexibility index (Phi) is 10.0. The lowest BCUT2D eigenvalue weighted by atomic mass is 9.78. The van der Waals surface area contributed by atoms with Gasteiger partial charge in [0.05, 0.1) is 6.54 Å². The van der Waals surface area contributed by atoms with Gasteiger partial charge in [-0.3, -0.25) is 5.41 Å². The molecule has 0 unspecified atom stereocenters. The molecule has 2 rings (SSSR count). The molecule has 0 saturated heterocycles. The number of nitrogens with one attached hydrogen (secondary N) is 1. The molecule has 0 atom stereocenters. The van der Waals surface area contributed by atoms with Crippen LogP contribution in [0.5, 0.6) is 5.75 Å². The van der Waals surface area contributed by atoms with E-state index in [0.29, 0.717) is 23.0 Å². The number of hydrogen-bond acceptors (Lipinski definition) is 4. The van der Waals surface area contributed by atoms with Crippen LogP contribution in [0.3, 0.4) is 0 Å². The van der Waals surface area contributed by atoms with Gasteiger partial charge in [0.25, 0.3) is 0 Å². The van der Waals surface area contributed by atoms with Gasteiger partial charge in [0.2, 0.25) is 5.62 Å². The fourth-order valence-electron chi connectivity index (χ4n) is 4.08. The number of aromatic hydroxyl groups is 1. The van der Waals surface area contributed by atoms with Gasteiger partial charge in [-0.2, -0.15) is 0 Å². The van der Waals surface area contributed by atoms with E-state index < -0.39 is 0 Å². The predicted molar refractivity (Wildman–Crippen MR) is 141 cm³/mol. The van der Waals surface area contributed by atoms with E-state index >= 15 is 0 Å². The molecular weight excluding hydrogens is 480 g/mol. The quantitative estimate of drug-likeness (QED) is 0.214. The van der Waals surface area contributed by atoms with Gasteiger partial charge in [-0.1, -0.05) is 73.4 Å². The normalized spacial score (nSPS) is 12.8. The van der Waals surface area contributed by atoms with Crippen molar-refractivity contribution in [3.63, 3.8) is 0 Å². The number of benzene rings is 1. The van der Waals surface area contributed by atoms with E-state index in [1.54, 1.807) is 4.57 Å². The van der Waals surface area contributed by atoms with Crippen LogP contribution in [-0.4, -0.2) is 25.2 Å². The molecule has 0 saturated carbocycles. The second-order valence-electron chi connectivity index (χ2n) is 10.9. The van der Waals surface area contributed by atoms with Crippen molar-refractivity contribution in [2.45, 2.75) is 98.6 Å². The molecule has 0 amide bonds. The molecule has 1 heterocycles. The SMILES string of the molecule is Br.CCC(CC)CCn1ccn(C/C(=N\O)c2cc(C(C)(C)C)c(O)c(C(C)(C)C)c2)c1=N. The minimum Gasteiger partial charge on any atom is -0.507 e. The largest absolute Gasteiger partial charge is 0.507 e. The van der Waals surface area contributed by atoms with Gasteiger partial charge in [0, 0.05) is 35.6 Å². The lowest BCUT2D eigenvalue weighted by Crippen LogP contribution is -2.28. The summed E-state index contributed by atoms with van der Waals surface area (Å²) in [6, 6.07) is 3.82. The van der Waals surface area contributed by atoms with Gasteiger partial charge in [-0.25, -0.2) is 0 Å². The molecule has 0 aliphatic rings. The molecule has 33 heavy (non-hydrogen) atoms. The van der Waals surface area contributed by atoms with Gasteiger partial charge in [0.15, 0.2) is 0 Å². The molecule has 0 fully saturated rings. The number of aromatic nitrogens is 2. The third-order valence-electron chi connectivity index (χ3n) is 6.40. The summed E-state index contributed by atoms with van der Waals surface area (Å²) in [5, 5.41) is 33.0. The standard InChI is InChI=1S/C26H42N4O2.BrH/c1-9-18(10-2)11-12-29-13-14-30(24(29)27)17-22(28-32)19-15-20(25(3,4)5)23(31)21(16-19)26(6,7)8;/h13-16,18,27,31-32H,9-12,17H2,1-8H3;1H/b27-24?,28-22+;. The Morgan fingerprint density at radius 3 is 1.88 bits per heavy atom. The number of hydrogen-bond donors (Lipinski definition) is 3. The zero-order valence-electron chi connectivity index (χ0n) is 21.6. The number of imidazole rings is 1. The first-order valence-corrected chi connectivity index (χ1v) is 11.7. The second-order valence-corrected chi connectivity index (χ2v) is 10.9. The lowest BCUT2D eigenvalue weighted by Gasteiger charge is -2.28. The van der Waals surface area contributed by atoms with E-state index in [1.165, 1.54) is 0 Å². The molecule has 0 aliphatic carbocycles. The van der Waals surface area contributed by atoms with Crippen molar-refractivity contribution in [3.8, 4) is 5.75 Å². The maximum Gasteiger partial charge on any atom is 0.202 e. The van der Waals surface area contributed by atoms with E-state index in [2.05, 4.69) is 60.5 Å². The first kappa shape index (κ1) is 29.0. The summed E-state index contributed by atoms with van der Waals surface area (Å²) in [4.78, 5) is 0. The maximum absolute atomic E-state index is 11.0. The van der Waals surface area contributed by atoms with Crippen molar-refractivity contribution in [1.29, 1.82) is 5.41 Å². The first-order chi connectivity index (χ1) is 14.8. The molecule has 6 nitrogen and oxygen atoms in total. The van der Waals surface area contributed by atoms with Gasteiger partial charge < -0.3 is 19.4 Å². The number of phenols is 1. The Balaban J connectivity index is 0.00000544. The van der Waals surface area contributed by atoms with Crippen molar-refractivity contribution >= 4 is 22.7 Å². The highest BCUT2D eigenvalue weighted by atomic mass is 79.9. The van der Waals surface area contributed by atoms with Crippen LogP contribution in [0.15, 0.2) is 29.7 Å². The van der Waals surface area contributed by atoms with Crippen molar-refractivity contribution in [2.24, 2.45) is 11.1 Å². The van der Waals surface area contributed by atoms with Gasteiger partial charge in [-0.15, -0.1) is 17.0 Å². The zero-order valence-corrected chi connectivity index (χ0v) is 23.3. The van der Waals surface area contributed by atoms with Crippen LogP contribution in [0.25, 0.3) is 0 Å². The third-order valence-corrected chi connectivity index (χ3v) is 6.40. The molecule has 3 N–H and O–H groups in total. The van der Waals surface area contributed by atoms with E-state index in [9.17, 15) is 10.3 Å². The second kappa shape index (κ2) is 11.4. The van der Waals surface area contributed by atoms with Crippen LogP contribution >= 0.6 is 17.0 Å². The lowest BCUT2D eigenvalue weighted by molar-refractivity contribution is 0.317. The van der Waals surface area contributed by atoms with Crippen LogP contribution in [-0.2, 0) is 23.9 Å². The zero-order chi connectivity index (χ0) is 24.3. The number of phenolic OH excluding ortho intramolecular Hbond substituents is 1. The molecule has 186 valence electrons. The molecule has 0 aliphatic heterocycles. The number of rotatable bonds is 8. The van der Waals surface area contributed by atoms with Crippen LogP contribution in [0.4, 0.5) is 0 Å². The Hall–Kier alpha value is -2.02. The summed E-state index contributed by atoms with van der Waals surface area (Å²) >= 11 is 0. The molecule has 0 bridgehead atoms. The minimum absolute atomic E-state index is 0. The van der Waals surface area contributed by atoms with E-state index in [0.717, 1.165) is 42.5 Å². The summed E-state index contributed by atoms with van der Waals surface area (Å²) in [5.41, 5.74) is 2.72. The molecule has 7 heteroatoms. The summed E-state index contributed by atoms with van der Waals surface area (Å²) in [6.45, 7) is 17.9.